The van der Waals surface area contributed by atoms with Crippen LogP contribution in [-0.2, 0) is 22.3 Å². The third-order valence-electron chi connectivity index (χ3n) is 6.70. The van der Waals surface area contributed by atoms with Crippen molar-refractivity contribution < 1.29 is 32.0 Å². The average Bonchev–Trinajstić information content (AvgIpc) is 3.38. The molecule has 1 saturated heterocycles. The molecule has 1 aromatic carbocycles. The van der Waals surface area contributed by atoms with Crippen molar-refractivity contribution in [2.75, 3.05) is 13.2 Å². The molecular weight excluding hydrogens is 441 g/mol. The van der Waals surface area contributed by atoms with Crippen molar-refractivity contribution in [1.82, 2.24) is 20.4 Å². The highest BCUT2D eigenvalue weighted by molar-refractivity contribution is 5.99. The minimum atomic E-state index is -4.74. The first-order chi connectivity index (χ1) is 15.7. The van der Waals surface area contributed by atoms with Crippen LogP contribution in [0.25, 0.3) is 11.4 Å². The Morgan fingerprint density at radius 3 is 2.67 bits per heavy atom. The van der Waals surface area contributed by atoms with E-state index in [1.165, 1.54) is 6.07 Å². The van der Waals surface area contributed by atoms with E-state index in [4.69, 9.17) is 4.74 Å². The van der Waals surface area contributed by atoms with Gasteiger partial charge in [-0.2, -0.15) is 18.2 Å². The summed E-state index contributed by atoms with van der Waals surface area (Å²) in [5.41, 5.74) is 0.920. The number of amides is 2. The first-order valence-corrected chi connectivity index (χ1v) is 10.9. The van der Waals surface area contributed by atoms with Gasteiger partial charge >= 0.3 is 12.1 Å². The maximum atomic E-state index is 13.3. The second kappa shape index (κ2) is 7.82. The van der Waals surface area contributed by atoms with Crippen LogP contribution in [0, 0.1) is 5.41 Å². The summed E-state index contributed by atoms with van der Waals surface area (Å²) in [4.78, 5) is 31.2. The van der Waals surface area contributed by atoms with Gasteiger partial charge in [0.2, 0.25) is 11.7 Å². The van der Waals surface area contributed by atoms with Crippen molar-refractivity contribution >= 4 is 11.8 Å². The fourth-order valence-corrected chi connectivity index (χ4v) is 4.72. The first-order valence-electron chi connectivity index (χ1n) is 10.9. The summed E-state index contributed by atoms with van der Waals surface area (Å²) in [5, 5.41) is 6.54. The molecule has 33 heavy (non-hydrogen) atoms. The molecule has 8 nitrogen and oxygen atoms in total. The van der Waals surface area contributed by atoms with E-state index >= 15 is 0 Å². The van der Waals surface area contributed by atoms with Crippen LogP contribution < -0.4 is 5.32 Å². The molecule has 0 spiro atoms. The smallest absolute Gasteiger partial charge is 0.379 e. The molecule has 2 aliphatic heterocycles. The lowest BCUT2D eigenvalue weighted by Crippen LogP contribution is -2.59. The van der Waals surface area contributed by atoms with E-state index < -0.39 is 17.5 Å². The van der Waals surface area contributed by atoms with Gasteiger partial charge in [0.25, 0.3) is 5.91 Å². The van der Waals surface area contributed by atoms with Gasteiger partial charge in [0, 0.05) is 23.7 Å². The highest BCUT2D eigenvalue weighted by Gasteiger charge is 2.45. The van der Waals surface area contributed by atoms with Gasteiger partial charge in [-0.3, -0.25) is 9.59 Å². The number of fused-ring (bicyclic) bond motifs is 1. The minimum absolute atomic E-state index is 0.0605. The monoisotopic (exact) mass is 464 g/mol. The van der Waals surface area contributed by atoms with Gasteiger partial charge < -0.3 is 19.5 Å². The summed E-state index contributed by atoms with van der Waals surface area (Å²) in [7, 11) is 0. The third-order valence-corrected chi connectivity index (χ3v) is 6.70. The molecule has 3 aliphatic rings. The summed E-state index contributed by atoms with van der Waals surface area (Å²) >= 11 is 0. The number of aromatic nitrogens is 2. The van der Waals surface area contributed by atoms with Gasteiger partial charge in [-0.15, -0.1) is 0 Å². The molecule has 176 valence electrons. The lowest BCUT2D eigenvalue weighted by molar-refractivity contribution is -0.159. The molecule has 2 fully saturated rings. The SMILES string of the molecule is CC1(C(=O)N[C@@H]2CCCC[C@H]2N2Cc3ccc(-c4noc(C(F)(F)F)n4)cc3C2=O)COC1. The number of carbonyl (C=O) groups excluding carboxylic acids is 2. The summed E-state index contributed by atoms with van der Waals surface area (Å²) in [6.07, 6.45) is -1.27. The van der Waals surface area contributed by atoms with Crippen molar-refractivity contribution in [3.8, 4) is 11.4 Å². The Bertz CT molecular complexity index is 1100. The Balaban J connectivity index is 1.35. The number of rotatable bonds is 4. The number of carbonyl (C=O) groups is 2. The van der Waals surface area contributed by atoms with Crippen LogP contribution in [0.15, 0.2) is 22.7 Å². The van der Waals surface area contributed by atoms with Gasteiger partial charge in [0.15, 0.2) is 0 Å². The molecule has 1 N–H and O–H groups in total. The molecule has 3 heterocycles. The highest BCUT2D eigenvalue weighted by atomic mass is 19.4. The number of nitrogens with zero attached hydrogens (tertiary/aromatic N) is 3. The van der Waals surface area contributed by atoms with Gasteiger partial charge in [-0.25, -0.2) is 0 Å². The van der Waals surface area contributed by atoms with Gasteiger partial charge in [-0.1, -0.05) is 30.1 Å². The molecule has 0 radical (unpaired) electrons. The molecule has 2 amide bonds. The summed E-state index contributed by atoms with van der Waals surface area (Å²) in [6, 6.07) is 4.48. The quantitative estimate of drug-likeness (QED) is 0.747. The number of hydrogen-bond donors (Lipinski definition) is 1. The summed E-state index contributed by atoms with van der Waals surface area (Å²) in [6.45, 7) is 3.02. The summed E-state index contributed by atoms with van der Waals surface area (Å²) in [5.74, 6) is -1.93. The van der Waals surface area contributed by atoms with Crippen molar-refractivity contribution in [3.63, 3.8) is 0 Å². The second-order valence-corrected chi connectivity index (χ2v) is 9.21. The fourth-order valence-electron chi connectivity index (χ4n) is 4.72. The predicted octanol–water partition coefficient (Wildman–Crippen LogP) is 3.18. The number of alkyl halides is 3. The van der Waals surface area contributed by atoms with E-state index in [1.54, 1.807) is 17.0 Å². The molecule has 0 bridgehead atoms. The molecule has 1 aromatic heterocycles. The van der Waals surface area contributed by atoms with Gasteiger partial charge in [-0.05, 0) is 31.4 Å². The van der Waals surface area contributed by atoms with E-state index in [2.05, 4.69) is 20.0 Å². The molecule has 2 aromatic rings. The molecule has 1 aliphatic carbocycles. The second-order valence-electron chi connectivity index (χ2n) is 9.21. The molecular formula is C22H23F3N4O4. The molecule has 5 rings (SSSR count). The Morgan fingerprint density at radius 1 is 1.24 bits per heavy atom. The van der Waals surface area contributed by atoms with Gasteiger partial charge in [0.05, 0.1) is 24.7 Å². The average molecular weight is 464 g/mol. The van der Waals surface area contributed by atoms with Gasteiger partial charge in [0.1, 0.15) is 0 Å². The van der Waals surface area contributed by atoms with E-state index in [1.807, 2.05) is 6.92 Å². The summed E-state index contributed by atoms with van der Waals surface area (Å²) < 4.78 is 47.9. The third kappa shape index (κ3) is 3.88. The lowest BCUT2D eigenvalue weighted by Gasteiger charge is -2.42. The van der Waals surface area contributed by atoms with Crippen LogP contribution in [0.1, 0.15) is 54.4 Å². The highest BCUT2D eigenvalue weighted by Crippen LogP contribution is 2.35. The zero-order valence-electron chi connectivity index (χ0n) is 17.9. The Kier molecular flexibility index (Phi) is 5.19. The number of ether oxygens (including phenoxy) is 1. The lowest BCUT2D eigenvalue weighted by atomic mass is 9.84. The van der Waals surface area contributed by atoms with Crippen molar-refractivity contribution in [1.29, 1.82) is 0 Å². The first kappa shape index (κ1) is 21.9. The molecule has 1 saturated carbocycles. The number of halogens is 3. The van der Waals surface area contributed by atoms with Crippen LogP contribution in [0.4, 0.5) is 13.2 Å². The zero-order valence-corrected chi connectivity index (χ0v) is 17.9. The Morgan fingerprint density at radius 2 is 2.00 bits per heavy atom. The Labute approximate surface area is 187 Å². The van der Waals surface area contributed by atoms with Crippen LogP contribution >= 0.6 is 0 Å². The Hall–Kier alpha value is -2.95. The zero-order chi connectivity index (χ0) is 23.4. The normalized spacial score (nSPS) is 24.4. The maximum Gasteiger partial charge on any atom is 0.471 e. The molecule has 0 unspecified atom stereocenters. The maximum absolute atomic E-state index is 13.3. The molecule has 11 heteroatoms. The number of benzene rings is 1. The topological polar surface area (TPSA) is 97.6 Å². The van der Waals surface area contributed by atoms with E-state index in [-0.39, 0.29) is 35.3 Å². The minimum Gasteiger partial charge on any atom is -0.379 e. The van der Waals surface area contributed by atoms with Crippen LogP contribution in [-0.4, -0.2) is 52.2 Å². The van der Waals surface area contributed by atoms with E-state index in [9.17, 15) is 22.8 Å². The van der Waals surface area contributed by atoms with Crippen molar-refractivity contribution in [2.24, 2.45) is 5.41 Å². The van der Waals surface area contributed by atoms with Crippen molar-refractivity contribution in [3.05, 3.63) is 35.2 Å². The predicted molar refractivity (Wildman–Crippen MR) is 108 cm³/mol. The van der Waals surface area contributed by atoms with Crippen LogP contribution in [0.3, 0.4) is 0 Å². The number of hydrogen-bond acceptors (Lipinski definition) is 6. The van der Waals surface area contributed by atoms with Crippen molar-refractivity contribution in [2.45, 2.75) is 57.4 Å². The standard InChI is InChI=1S/C22H23F3N4O4/c1-21(10-32-11-21)19(31)26-15-4-2-3-5-16(15)29-9-13-7-6-12(8-14(13)18(29)30)17-27-20(33-28-17)22(23,24)25/h6-8,15-16H,2-5,9-11H2,1H3,(H,26,31)/t15-,16-/m1/s1. The number of nitrogens with one attached hydrogen (secondary N) is 1. The van der Waals surface area contributed by atoms with Crippen LogP contribution in [0.5, 0.6) is 0 Å². The van der Waals surface area contributed by atoms with E-state index in [0.29, 0.717) is 25.3 Å². The largest absolute Gasteiger partial charge is 0.471 e. The fraction of sp³-hybridized carbons (Fsp3) is 0.545. The van der Waals surface area contributed by atoms with E-state index in [0.717, 1.165) is 31.2 Å². The van der Waals surface area contributed by atoms with Crippen LogP contribution in [0.2, 0.25) is 0 Å². The molecule has 2 atom stereocenters.